The van der Waals surface area contributed by atoms with Crippen LogP contribution < -0.4 is 0 Å². The number of hydrogen-bond donors (Lipinski definition) is 2. The van der Waals surface area contributed by atoms with Gasteiger partial charge in [-0.15, -0.1) is 0 Å². The lowest BCUT2D eigenvalue weighted by Gasteiger charge is -2.33. The monoisotopic (exact) mass is 241 g/mol. The van der Waals surface area contributed by atoms with E-state index in [0.717, 1.165) is 45.2 Å². The van der Waals surface area contributed by atoms with Crippen LogP contribution in [0.1, 0.15) is 39.0 Å². The predicted molar refractivity (Wildman–Crippen MR) is 64.7 cm³/mol. The van der Waals surface area contributed by atoms with E-state index in [2.05, 4.69) is 4.90 Å². The third-order valence-corrected chi connectivity index (χ3v) is 4.50. The minimum absolute atomic E-state index is 0.124. The van der Waals surface area contributed by atoms with E-state index in [1.54, 1.807) is 0 Å². The molecule has 1 aliphatic carbocycles. The van der Waals surface area contributed by atoms with E-state index < -0.39 is 5.97 Å². The summed E-state index contributed by atoms with van der Waals surface area (Å²) in [4.78, 5) is 13.3. The summed E-state index contributed by atoms with van der Waals surface area (Å²) in [7, 11) is 0. The van der Waals surface area contributed by atoms with Crippen molar-refractivity contribution in [1.82, 2.24) is 4.90 Å². The van der Waals surface area contributed by atoms with Gasteiger partial charge in [-0.2, -0.15) is 0 Å². The van der Waals surface area contributed by atoms with Crippen LogP contribution in [0.2, 0.25) is 0 Å². The number of aliphatic hydroxyl groups is 1. The summed E-state index contributed by atoms with van der Waals surface area (Å²) in [6.07, 6.45) is 4.50. The van der Waals surface area contributed by atoms with Gasteiger partial charge in [-0.25, -0.2) is 0 Å². The Hall–Kier alpha value is -0.610. The van der Waals surface area contributed by atoms with Crippen molar-refractivity contribution in [2.45, 2.75) is 51.2 Å². The van der Waals surface area contributed by atoms with Crippen LogP contribution in [0.5, 0.6) is 0 Å². The fourth-order valence-electron chi connectivity index (χ4n) is 3.23. The first-order valence-electron chi connectivity index (χ1n) is 6.73. The summed E-state index contributed by atoms with van der Waals surface area (Å²) >= 11 is 0. The zero-order valence-electron chi connectivity index (χ0n) is 10.5. The van der Waals surface area contributed by atoms with Crippen LogP contribution in [0, 0.1) is 11.8 Å². The van der Waals surface area contributed by atoms with Crippen LogP contribution in [0.3, 0.4) is 0 Å². The lowest BCUT2D eigenvalue weighted by Crippen LogP contribution is -2.38. The number of carboxylic acid groups (broad SMARTS) is 1. The van der Waals surface area contributed by atoms with E-state index in [4.69, 9.17) is 5.11 Å². The minimum atomic E-state index is -0.633. The van der Waals surface area contributed by atoms with Gasteiger partial charge in [0.15, 0.2) is 0 Å². The Morgan fingerprint density at radius 2 is 1.88 bits per heavy atom. The topological polar surface area (TPSA) is 60.8 Å². The number of hydrogen-bond acceptors (Lipinski definition) is 3. The normalized spacial score (nSPS) is 36.9. The molecule has 1 saturated heterocycles. The molecule has 98 valence electrons. The summed E-state index contributed by atoms with van der Waals surface area (Å²) in [5.74, 6) is -0.347. The average molecular weight is 241 g/mol. The Morgan fingerprint density at radius 3 is 2.35 bits per heavy atom. The summed E-state index contributed by atoms with van der Waals surface area (Å²) in [5.41, 5.74) is 0. The van der Waals surface area contributed by atoms with Gasteiger partial charge in [0, 0.05) is 12.6 Å². The first kappa shape index (κ1) is 12.8. The smallest absolute Gasteiger partial charge is 0.306 e. The second kappa shape index (κ2) is 5.36. The van der Waals surface area contributed by atoms with Gasteiger partial charge in [0.05, 0.1) is 12.0 Å². The number of carbonyl (C=O) groups is 1. The maximum Gasteiger partial charge on any atom is 0.306 e. The third kappa shape index (κ3) is 2.99. The van der Waals surface area contributed by atoms with Gasteiger partial charge in [-0.3, -0.25) is 4.79 Å². The molecular formula is C13H23NO3. The molecule has 1 aliphatic heterocycles. The van der Waals surface area contributed by atoms with Gasteiger partial charge in [0.2, 0.25) is 0 Å². The van der Waals surface area contributed by atoms with Crippen LogP contribution in [-0.4, -0.2) is 46.3 Å². The molecule has 4 nitrogen and oxygen atoms in total. The molecule has 0 radical (unpaired) electrons. The number of rotatable bonds is 3. The zero-order valence-corrected chi connectivity index (χ0v) is 10.5. The maximum absolute atomic E-state index is 10.9. The average Bonchev–Trinajstić information content (AvgIpc) is 2.78. The third-order valence-electron chi connectivity index (χ3n) is 4.50. The molecule has 1 saturated carbocycles. The van der Waals surface area contributed by atoms with Crippen molar-refractivity contribution in [3.8, 4) is 0 Å². The molecule has 0 aromatic rings. The fraction of sp³-hybridized carbons (Fsp3) is 0.923. The van der Waals surface area contributed by atoms with E-state index in [0.29, 0.717) is 12.0 Å². The molecule has 4 heteroatoms. The molecular weight excluding hydrogens is 218 g/mol. The van der Waals surface area contributed by atoms with Crippen molar-refractivity contribution in [3.63, 3.8) is 0 Å². The molecule has 0 spiro atoms. The number of nitrogens with zero attached hydrogens (tertiary/aromatic N) is 1. The first-order valence-corrected chi connectivity index (χ1v) is 6.73. The summed E-state index contributed by atoms with van der Waals surface area (Å²) < 4.78 is 0. The van der Waals surface area contributed by atoms with Crippen molar-refractivity contribution in [3.05, 3.63) is 0 Å². The largest absolute Gasteiger partial charge is 0.481 e. The van der Waals surface area contributed by atoms with E-state index >= 15 is 0 Å². The highest BCUT2D eigenvalue weighted by Crippen LogP contribution is 2.31. The molecule has 0 amide bonds. The molecule has 2 unspecified atom stereocenters. The molecule has 0 aromatic carbocycles. The number of likely N-dealkylation sites (tertiary alicyclic amines) is 1. The molecule has 0 aromatic heterocycles. The highest BCUT2D eigenvalue weighted by molar-refractivity contribution is 5.70. The van der Waals surface area contributed by atoms with Crippen molar-refractivity contribution < 1.29 is 15.0 Å². The van der Waals surface area contributed by atoms with E-state index in [-0.39, 0.29) is 12.0 Å². The number of aliphatic hydroxyl groups excluding tert-OH is 1. The van der Waals surface area contributed by atoms with Crippen LogP contribution >= 0.6 is 0 Å². The highest BCUT2D eigenvalue weighted by Gasteiger charge is 2.34. The van der Waals surface area contributed by atoms with Crippen LogP contribution in [0.4, 0.5) is 0 Å². The minimum Gasteiger partial charge on any atom is -0.481 e. The van der Waals surface area contributed by atoms with E-state index in [9.17, 15) is 9.90 Å². The van der Waals surface area contributed by atoms with Gasteiger partial charge in [0.25, 0.3) is 0 Å². The highest BCUT2D eigenvalue weighted by atomic mass is 16.4. The molecule has 0 bridgehead atoms. The number of aliphatic carboxylic acids is 1. The fourth-order valence-corrected chi connectivity index (χ4v) is 3.23. The molecule has 17 heavy (non-hydrogen) atoms. The van der Waals surface area contributed by atoms with Crippen molar-refractivity contribution >= 4 is 5.97 Å². The Bertz CT molecular complexity index is 272. The van der Waals surface area contributed by atoms with Gasteiger partial charge in [-0.05, 0) is 51.5 Å². The Balaban J connectivity index is 1.80. The molecule has 2 atom stereocenters. The van der Waals surface area contributed by atoms with Gasteiger partial charge < -0.3 is 15.1 Å². The molecule has 1 heterocycles. The van der Waals surface area contributed by atoms with Crippen LogP contribution in [0.25, 0.3) is 0 Å². The van der Waals surface area contributed by atoms with Gasteiger partial charge in [0.1, 0.15) is 0 Å². The zero-order chi connectivity index (χ0) is 12.4. The number of carboxylic acids is 1. The molecule has 2 fully saturated rings. The Kier molecular flexibility index (Phi) is 4.05. The summed E-state index contributed by atoms with van der Waals surface area (Å²) in [5, 5.41) is 18.5. The SMILES string of the molecule is CC(O)C1CCN(C2CCC(C(=O)O)CC2)C1. The van der Waals surface area contributed by atoms with Crippen LogP contribution in [-0.2, 0) is 4.79 Å². The quantitative estimate of drug-likeness (QED) is 0.782. The molecule has 2 rings (SSSR count). The van der Waals surface area contributed by atoms with Crippen molar-refractivity contribution in [1.29, 1.82) is 0 Å². The lowest BCUT2D eigenvalue weighted by atomic mass is 9.85. The van der Waals surface area contributed by atoms with E-state index in [1.165, 1.54) is 0 Å². The van der Waals surface area contributed by atoms with Gasteiger partial charge in [-0.1, -0.05) is 0 Å². The lowest BCUT2D eigenvalue weighted by molar-refractivity contribution is -0.143. The first-order chi connectivity index (χ1) is 8.08. The summed E-state index contributed by atoms with van der Waals surface area (Å²) in [6.45, 7) is 3.92. The predicted octanol–water partition coefficient (Wildman–Crippen LogP) is 1.33. The molecule has 2 N–H and O–H groups in total. The van der Waals surface area contributed by atoms with Crippen molar-refractivity contribution in [2.24, 2.45) is 11.8 Å². The van der Waals surface area contributed by atoms with Crippen LogP contribution in [0.15, 0.2) is 0 Å². The Morgan fingerprint density at radius 1 is 1.24 bits per heavy atom. The summed E-state index contributed by atoms with van der Waals surface area (Å²) in [6, 6.07) is 0.550. The van der Waals surface area contributed by atoms with E-state index in [1.807, 2.05) is 6.92 Å². The van der Waals surface area contributed by atoms with Crippen molar-refractivity contribution in [2.75, 3.05) is 13.1 Å². The second-order valence-corrected chi connectivity index (χ2v) is 5.63. The maximum atomic E-state index is 10.9. The Labute approximate surface area is 103 Å². The second-order valence-electron chi connectivity index (χ2n) is 5.63. The molecule has 2 aliphatic rings. The van der Waals surface area contributed by atoms with Gasteiger partial charge >= 0.3 is 5.97 Å². The standard InChI is InChI=1S/C13H23NO3/c1-9(15)11-6-7-14(8-11)12-4-2-10(3-5-12)13(16)17/h9-12,15H,2-8H2,1H3,(H,16,17).